The van der Waals surface area contributed by atoms with Crippen LogP contribution in [0.2, 0.25) is 0 Å². The first-order valence-corrected chi connectivity index (χ1v) is 16.2. The fourth-order valence-electron chi connectivity index (χ4n) is 8.91. The summed E-state index contributed by atoms with van der Waals surface area (Å²) in [6.07, 6.45) is 1.79. The Morgan fingerprint density at radius 1 is 0.851 bits per heavy atom. The number of hydrogen-bond acceptors (Lipinski definition) is 6. The molecule has 4 aromatic carbocycles. The summed E-state index contributed by atoms with van der Waals surface area (Å²) in [5.41, 5.74) is 4.00. The van der Waals surface area contributed by atoms with Crippen LogP contribution in [-0.2, 0) is 21.5 Å². The predicted molar refractivity (Wildman–Crippen MR) is 182 cm³/mol. The van der Waals surface area contributed by atoms with Crippen LogP contribution in [0.15, 0.2) is 104 Å². The maximum atomic E-state index is 15.6. The molecule has 4 aromatic rings. The largest absolute Gasteiger partial charge is 0.496 e. The molecule has 2 fully saturated rings. The minimum atomic E-state index is -0.851. The second-order valence-electron chi connectivity index (χ2n) is 12.8. The Hall–Kier alpha value is -4.88. The van der Waals surface area contributed by atoms with Crippen molar-refractivity contribution in [2.24, 2.45) is 11.3 Å². The van der Waals surface area contributed by atoms with Crippen molar-refractivity contribution < 1.29 is 23.8 Å². The molecule has 0 spiro atoms. The van der Waals surface area contributed by atoms with Crippen LogP contribution in [0.5, 0.6) is 17.2 Å². The molecule has 1 saturated carbocycles. The third kappa shape index (κ3) is 4.59. The van der Waals surface area contributed by atoms with Crippen LogP contribution < -0.4 is 19.5 Å². The number of nitrogens with zero attached hydrogens (tertiary/aromatic N) is 1. The zero-order chi connectivity index (χ0) is 32.8. The third-order valence-corrected chi connectivity index (χ3v) is 10.9. The Kier molecular flexibility index (Phi) is 7.88. The SMILES string of the molecule is C=C(C(=O)N(Cc1ccc(OC)c(OC)c1)C(=O)[C@]12CNC[C@H]1[C@@]1(c3ccccc3)CC[C@@H]2c2ccccc21)c1ccccc1OC. The van der Waals surface area contributed by atoms with Gasteiger partial charge in [0.15, 0.2) is 11.5 Å². The summed E-state index contributed by atoms with van der Waals surface area (Å²) in [6.45, 7) is 5.44. The molecule has 7 nitrogen and oxygen atoms in total. The molecule has 0 unspecified atom stereocenters. The maximum absolute atomic E-state index is 15.6. The van der Waals surface area contributed by atoms with Gasteiger partial charge in [-0.15, -0.1) is 0 Å². The van der Waals surface area contributed by atoms with Crippen molar-refractivity contribution >= 4 is 17.4 Å². The summed E-state index contributed by atoms with van der Waals surface area (Å²) in [6, 6.07) is 32.0. The number of imide groups is 1. The Balaban J connectivity index is 1.38. The van der Waals surface area contributed by atoms with Gasteiger partial charge in [-0.3, -0.25) is 14.5 Å². The lowest BCUT2D eigenvalue weighted by molar-refractivity contribution is -0.156. The van der Waals surface area contributed by atoms with E-state index in [2.05, 4.69) is 60.4 Å². The molecule has 0 radical (unpaired) electrons. The van der Waals surface area contributed by atoms with Gasteiger partial charge in [-0.1, -0.05) is 85.4 Å². The van der Waals surface area contributed by atoms with Gasteiger partial charge in [-0.2, -0.15) is 0 Å². The second-order valence-corrected chi connectivity index (χ2v) is 12.8. The highest BCUT2D eigenvalue weighted by Crippen LogP contribution is 2.68. The van der Waals surface area contributed by atoms with Gasteiger partial charge in [0.25, 0.3) is 5.91 Å². The highest BCUT2D eigenvalue weighted by atomic mass is 16.5. The van der Waals surface area contributed by atoms with Gasteiger partial charge in [-0.05, 0) is 53.3 Å². The lowest BCUT2D eigenvalue weighted by Crippen LogP contribution is -2.63. The molecule has 1 N–H and O–H groups in total. The van der Waals surface area contributed by atoms with E-state index >= 15 is 4.79 Å². The van der Waals surface area contributed by atoms with E-state index in [1.54, 1.807) is 39.5 Å². The number of rotatable bonds is 9. The minimum absolute atomic E-state index is 0.0444. The quantitative estimate of drug-likeness (QED) is 0.217. The van der Waals surface area contributed by atoms with E-state index in [9.17, 15) is 4.79 Å². The van der Waals surface area contributed by atoms with E-state index in [1.165, 1.54) is 21.6 Å². The van der Waals surface area contributed by atoms with Crippen LogP contribution in [0.1, 0.15) is 46.6 Å². The molecular weight excluding hydrogens is 588 g/mol. The first-order chi connectivity index (χ1) is 22.9. The summed E-state index contributed by atoms with van der Waals surface area (Å²) in [4.78, 5) is 31.8. The number of para-hydroxylation sites is 1. The lowest BCUT2D eigenvalue weighted by atomic mass is 9.41. The van der Waals surface area contributed by atoms with E-state index in [-0.39, 0.29) is 35.3 Å². The summed E-state index contributed by atoms with van der Waals surface area (Å²) in [5, 5.41) is 3.65. The molecule has 2 bridgehead atoms. The van der Waals surface area contributed by atoms with Crippen LogP contribution in [0.3, 0.4) is 0 Å². The predicted octanol–water partition coefficient (Wildman–Crippen LogP) is 6.36. The van der Waals surface area contributed by atoms with E-state index in [4.69, 9.17) is 14.2 Å². The van der Waals surface area contributed by atoms with Crippen LogP contribution in [0.4, 0.5) is 0 Å². The van der Waals surface area contributed by atoms with Gasteiger partial charge in [0.2, 0.25) is 5.91 Å². The molecule has 4 atom stereocenters. The molecule has 1 saturated heterocycles. The van der Waals surface area contributed by atoms with Crippen molar-refractivity contribution in [3.05, 3.63) is 131 Å². The monoisotopic (exact) mass is 628 g/mol. The minimum Gasteiger partial charge on any atom is -0.496 e. The third-order valence-electron chi connectivity index (χ3n) is 10.9. The van der Waals surface area contributed by atoms with Crippen LogP contribution in [0, 0.1) is 11.3 Å². The molecule has 4 aliphatic rings. The average Bonchev–Trinajstić information content (AvgIpc) is 3.61. The number of carbonyl (C=O) groups is 2. The topological polar surface area (TPSA) is 77.1 Å². The van der Waals surface area contributed by atoms with Crippen molar-refractivity contribution in [2.75, 3.05) is 34.4 Å². The molecule has 8 rings (SSSR count). The number of ether oxygens (including phenoxy) is 3. The van der Waals surface area contributed by atoms with Crippen LogP contribution in [-0.4, -0.2) is 51.1 Å². The van der Waals surface area contributed by atoms with E-state index < -0.39 is 11.3 Å². The smallest absolute Gasteiger partial charge is 0.260 e. The summed E-state index contributed by atoms with van der Waals surface area (Å²) in [7, 11) is 4.72. The number of fused-ring (bicyclic) bond motifs is 1. The number of nitrogens with one attached hydrogen (secondary N) is 1. The normalized spacial score (nSPS) is 23.7. The number of methoxy groups -OCH3 is 3. The summed E-state index contributed by atoms with van der Waals surface area (Å²) in [5.74, 6) is 0.900. The van der Waals surface area contributed by atoms with Gasteiger partial charge in [0.1, 0.15) is 5.75 Å². The van der Waals surface area contributed by atoms with Crippen LogP contribution >= 0.6 is 0 Å². The first-order valence-electron chi connectivity index (χ1n) is 16.2. The van der Waals surface area contributed by atoms with Crippen LogP contribution in [0.25, 0.3) is 5.57 Å². The zero-order valence-electron chi connectivity index (χ0n) is 27.1. The standard InChI is InChI=1S/C40H40N2O5/c1-26(29-14-9-11-17-33(29)45-2)37(43)42(24-27-18-19-34(46-3)35(22-27)47-4)38(44)40-25-41-23-36(40)39(28-12-6-5-7-13-28)21-20-32(40)30-15-8-10-16-31(30)39/h5-19,22,32,36,41H,1,20-21,23-25H2,2-4H3/t32-,36+,39-,40+/m1/s1. The van der Waals surface area contributed by atoms with Gasteiger partial charge in [0.05, 0.1) is 33.3 Å². The Bertz CT molecular complexity index is 1850. The van der Waals surface area contributed by atoms with Gasteiger partial charge >= 0.3 is 0 Å². The van der Waals surface area contributed by atoms with Crippen molar-refractivity contribution in [3.8, 4) is 17.2 Å². The second kappa shape index (κ2) is 12.0. The molecule has 0 aromatic heterocycles. The number of carbonyl (C=O) groups excluding carboxylic acids is 2. The van der Waals surface area contributed by atoms with Crippen molar-refractivity contribution in [2.45, 2.75) is 30.7 Å². The Morgan fingerprint density at radius 3 is 2.32 bits per heavy atom. The number of benzene rings is 4. The first kappa shape index (κ1) is 30.8. The highest BCUT2D eigenvalue weighted by molar-refractivity contribution is 6.24. The number of amides is 2. The zero-order valence-corrected chi connectivity index (χ0v) is 27.1. The van der Waals surface area contributed by atoms with Crippen molar-refractivity contribution in [1.82, 2.24) is 10.2 Å². The summed E-state index contributed by atoms with van der Waals surface area (Å²) < 4.78 is 16.7. The van der Waals surface area contributed by atoms with Crippen molar-refractivity contribution in [3.63, 3.8) is 0 Å². The number of hydrogen-bond donors (Lipinski definition) is 1. The molecule has 1 aliphatic heterocycles. The van der Waals surface area contributed by atoms with Crippen molar-refractivity contribution in [1.29, 1.82) is 0 Å². The molecule has 3 aliphatic carbocycles. The fraction of sp³-hybridized carbons (Fsp3) is 0.300. The fourth-order valence-corrected chi connectivity index (χ4v) is 8.91. The highest BCUT2D eigenvalue weighted by Gasteiger charge is 2.69. The Labute approximate surface area is 276 Å². The molecule has 47 heavy (non-hydrogen) atoms. The molecule has 1 heterocycles. The lowest BCUT2D eigenvalue weighted by Gasteiger charge is -2.61. The van der Waals surface area contributed by atoms with Gasteiger partial charge in [-0.25, -0.2) is 0 Å². The van der Waals surface area contributed by atoms with Gasteiger partial charge in [0, 0.05) is 41.5 Å². The van der Waals surface area contributed by atoms with E-state index in [1.807, 2.05) is 30.3 Å². The van der Waals surface area contributed by atoms with Gasteiger partial charge < -0.3 is 19.5 Å². The van der Waals surface area contributed by atoms with E-state index in [0.717, 1.165) is 18.4 Å². The molecular formula is C40H40N2O5. The molecule has 240 valence electrons. The molecule has 2 amide bonds. The Morgan fingerprint density at radius 2 is 1.55 bits per heavy atom. The maximum Gasteiger partial charge on any atom is 0.260 e. The molecule has 7 heteroatoms. The summed E-state index contributed by atoms with van der Waals surface area (Å²) >= 11 is 0. The average molecular weight is 629 g/mol. The van der Waals surface area contributed by atoms with E-state index in [0.29, 0.717) is 35.9 Å².